The highest BCUT2D eigenvalue weighted by molar-refractivity contribution is 5.80. The van der Waals surface area contributed by atoms with Crippen molar-refractivity contribution in [3.8, 4) is 5.69 Å². The lowest BCUT2D eigenvalue weighted by Gasteiger charge is -2.30. The third-order valence-corrected chi connectivity index (χ3v) is 5.63. The van der Waals surface area contributed by atoms with Crippen molar-refractivity contribution in [3.63, 3.8) is 0 Å². The molecule has 26 heavy (non-hydrogen) atoms. The summed E-state index contributed by atoms with van der Waals surface area (Å²) in [7, 11) is 0. The van der Waals surface area contributed by atoms with Crippen molar-refractivity contribution in [2.45, 2.75) is 44.7 Å². The van der Waals surface area contributed by atoms with Crippen LogP contribution in [0.2, 0.25) is 0 Å². The smallest absolute Gasteiger partial charge is 0.226 e. The predicted molar refractivity (Wildman–Crippen MR) is 98.2 cm³/mol. The van der Waals surface area contributed by atoms with E-state index in [9.17, 15) is 4.79 Å². The average molecular weight is 354 g/mol. The summed E-state index contributed by atoms with van der Waals surface area (Å²) in [5.74, 6) is 0.694. The van der Waals surface area contributed by atoms with Crippen LogP contribution < -0.4 is 16.2 Å². The van der Waals surface area contributed by atoms with Gasteiger partial charge in [0.2, 0.25) is 5.91 Å². The maximum atomic E-state index is 12.8. The largest absolute Gasteiger partial charge is 0.352 e. The summed E-state index contributed by atoms with van der Waals surface area (Å²) in [5.41, 5.74) is 8.52. The summed E-state index contributed by atoms with van der Waals surface area (Å²) < 4.78 is 1.73. The van der Waals surface area contributed by atoms with Crippen LogP contribution in [-0.2, 0) is 11.3 Å². The van der Waals surface area contributed by atoms with Gasteiger partial charge in [-0.3, -0.25) is 15.6 Å². The number of rotatable bonds is 5. The number of aromatic nitrogens is 3. The number of para-hydroxylation sites is 1. The van der Waals surface area contributed by atoms with Crippen LogP contribution in [0.15, 0.2) is 36.9 Å². The molecule has 1 saturated carbocycles. The van der Waals surface area contributed by atoms with Crippen LogP contribution in [0.5, 0.6) is 0 Å². The Morgan fingerprint density at radius 1 is 1.23 bits per heavy atom. The molecule has 2 aliphatic rings. The average Bonchev–Trinajstić information content (AvgIpc) is 3.39. The Bertz CT molecular complexity index is 725. The van der Waals surface area contributed by atoms with Crippen molar-refractivity contribution in [2.75, 3.05) is 6.54 Å². The number of nitrogens with zero attached hydrogens (tertiary/aromatic N) is 3. The number of nitrogens with one attached hydrogen (secondary N) is 3. The Morgan fingerprint density at radius 2 is 2.08 bits per heavy atom. The zero-order valence-electron chi connectivity index (χ0n) is 14.9. The topological polar surface area (TPSA) is 83.9 Å². The molecule has 7 nitrogen and oxygen atoms in total. The lowest BCUT2D eigenvalue weighted by Crippen LogP contribution is -2.44. The minimum atomic E-state index is -0.0170. The van der Waals surface area contributed by atoms with Crippen LogP contribution in [0.1, 0.15) is 37.7 Å². The molecule has 1 aliphatic heterocycles. The van der Waals surface area contributed by atoms with E-state index in [1.165, 1.54) is 38.4 Å². The zero-order chi connectivity index (χ0) is 17.8. The first-order chi connectivity index (χ1) is 12.8. The summed E-state index contributed by atoms with van der Waals surface area (Å²) >= 11 is 0. The van der Waals surface area contributed by atoms with Gasteiger partial charge in [-0.25, -0.2) is 9.67 Å². The first-order valence-corrected chi connectivity index (χ1v) is 9.52. The number of benzene rings is 1. The third kappa shape index (κ3) is 3.64. The van der Waals surface area contributed by atoms with Crippen molar-refractivity contribution in [1.29, 1.82) is 0 Å². The molecule has 1 saturated heterocycles. The van der Waals surface area contributed by atoms with Crippen LogP contribution in [0.25, 0.3) is 5.69 Å². The quantitative estimate of drug-likeness (QED) is 0.759. The van der Waals surface area contributed by atoms with Crippen LogP contribution in [0.3, 0.4) is 0 Å². The Labute approximate surface area is 153 Å². The number of amides is 1. The Morgan fingerprint density at radius 3 is 2.88 bits per heavy atom. The number of carbonyl (C=O) groups excluding carboxylic acids is 1. The normalized spacial score (nSPS) is 23.8. The maximum absolute atomic E-state index is 12.8. The molecular weight excluding hydrogens is 328 g/mol. The number of hydrazine groups is 1. The number of carbonyl (C=O) groups is 1. The van der Waals surface area contributed by atoms with Gasteiger partial charge < -0.3 is 5.32 Å². The highest BCUT2D eigenvalue weighted by Crippen LogP contribution is 2.30. The molecule has 3 N–H and O–H groups in total. The van der Waals surface area contributed by atoms with Gasteiger partial charge in [-0.15, -0.1) is 0 Å². The molecule has 0 radical (unpaired) electrons. The Hall–Kier alpha value is -2.25. The molecule has 7 heteroatoms. The van der Waals surface area contributed by atoms with Crippen LogP contribution >= 0.6 is 0 Å². The monoisotopic (exact) mass is 354 g/mol. The summed E-state index contributed by atoms with van der Waals surface area (Å²) in [5, 5.41) is 7.33. The molecule has 1 aromatic heterocycles. The summed E-state index contributed by atoms with van der Waals surface area (Å²) in [6.45, 7) is 1.18. The predicted octanol–water partition coefficient (Wildman–Crippen LogP) is 1.56. The zero-order valence-corrected chi connectivity index (χ0v) is 14.9. The molecule has 4 rings (SSSR count). The summed E-state index contributed by atoms with van der Waals surface area (Å²) in [6, 6.07) is 8.18. The van der Waals surface area contributed by atoms with E-state index in [0.717, 1.165) is 11.3 Å². The van der Waals surface area contributed by atoms with Crippen molar-refractivity contribution in [2.24, 2.45) is 11.8 Å². The maximum Gasteiger partial charge on any atom is 0.226 e. The first-order valence-electron chi connectivity index (χ1n) is 9.52. The van der Waals surface area contributed by atoms with Gasteiger partial charge in [-0.1, -0.05) is 37.5 Å². The number of hydrogen-bond donors (Lipinski definition) is 3. The molecular formula is C19H26N6O. The van der Waals surface area contributed by atoms with Gasteiger partial charge in [0.25, 0.3) is 0 Å². The highest BCUT2D eigenvalue weighted by atomic mass is 16.2. The van der Waals surface area contributed by atoms with Gasteiger partial charge in [0.1, 0.15) is 12.7 Å². The van der Waals surface area contributed by atoms with Gasteiger partial charge in [0, 0.05) is 19.1 Å². The molecule has 0 spiro atoms. The van der Waals surface area contributed by atoms with E-state index in [2.05, 4.69) is 26.3 Å². The van der Waals surface area contributed by atoms with Gasteiger partial charge in [0.15, 0.2) is 0 Å². The molecule has 0 bridgehead atoms. The molecule has 1 aliphatic carbocycles. The molecule has 2 unspecified atom stereocenters. The second kappa shape index (κ2) is 7.97. The first kappa shape index (κ1) is 17.2. The fourth-order valence-corrected chi connectivity index (χ4v) is 4.24. The van der Waals surface area contributed by atoms with Crippen molar-refractivity contribution in [3.05, 3.63) is 42.5 Å². The van der Waals surface area contributed by atoms with Gasteiger partial charge in [-0.05, 0) is 30.4 Å². The molecule has 2 atom stereocenters. The van der Waals surface area contributed by atoms with E-state index >= 15 is 0 Å². The molecule has 138 valence electrons. The van der Waals surface area contributed by atoms with Crippen LogP contribution in [0, 0.1) is 11.8 Å². The molecule has 2 aromatic rings. The minimum absolute atomic E-state index is 0.0170. The van der Waals surface area contributed by atoms with Crippen molar-refractivity contribution in [1.82, 2.24) is 30.9 Å². The standard InChI is InChI=1S/C19H26N6O/c26-19(16-11-22-24-18(16)14-6-2-1-3-7-14)21-10-15-8-4-5-9-17(15)25-13-20-12-23-25/h4-5,8-9,12-14,16,18,22,24H,1-3,6-7,10-11H2,(H,21,26). The van der Waals surface area contributed by atoms with Crippen molar-refractivity contribution >= 4 is 5.91 Å². The molecule has 2 fully saturated rings. The van der Waals surface area contributed by atoms with E-state index in [4.69, 9.17) is 0 Å². The Kier molecular flexibility index (Phi) is 5.26. The SMILES string of the molecule is O=C(NCc1ccccc1-n1cncn1)C1CNNC1C1CCCCC1. The van der Waals surface area contributed by atoms with Gasteiger partial charge in [-0.2, -0.15) is 5.10 Å². The van der Waals surface area contributed by atoms with E-state index in [0.29, 0.717) is 19.0 Å². The fraction of sp³-hybridized carbons (Fsp3) is 0.526. The Balaban J connectivity index is 1.41. The minimum Gasteiger partial charge on any atom is -0.352 e. The highest BCUT2D eigenvalue weighted by Gasteiger charge is 2.38. The summed E-state index contributed by atoms with van der Waals surface area (Å²) in [4.78, 5) is 16.9. The van der Waals surface area contributed by atoms with Crippen LogP contribution in [-0.4, -0.2) is 33.3 Å². The lowest BCUT2D eigenvalue weighted by atomic mass is 9.79. The lowest BCUT2D eigenvalue weighted by molar-refractivity contribution is -0.125. The molecule has 2 heterocycles. The second-order valence-electron chi connectivity index (χ2n) is 7.24. The van der Waals surface area contributed by atoms with Crippen LogP contribution in [0.4, 0.5) is 0 Å². The molecule has 1 aromatic carbocycles. The van der Waals surface area contributed by atoms with Crippen molar-refractivity contribution < 1.29 is 4.79 Å². The molecule has 1 amide bonds. The third-order valence-electron chi connectivity index (χ3n) is 5.63. The van der Waals surface area contributed by atoms with Gasteiger partial charge >= 0.3 is 0 Å². The van der Waals surface area contributed by atoms with E-state index in [1.807, 2.05) is 24.3 Å². The summed E-state index contributed by atoms with van der Waals surface area (Å²) in [6.07, 6.45) is 9.51. The van der Waals surface area contributed by atoms with Gasteiger partial charge in [0.05, 0.1) is 11.6 Å². The van der Waals surface area contributed by atoms with E-state index in [-0.39, 0.29) is 17.9 Å². The second-order valence-corrected chi connectivity index (χ2v) is 7.24. The van der Waals surface area contributed by atoms with E-state index < -0.39 is 0 Å². The van der Waals surface area contributed by atoms with E-state index in [1.54, 1.807) is 11.0 Å². The number of hydrogen-bond acceptors (Lipinski definition) is 5. The fourth-order valence-electron chi connectivity index (χ4n) is 4.24.